The molecule has 0 aliphatic heterocycles. The number of likely N-dealkylation sites (N-methyl/N-ethyl adjacent to an activating group) is 1. The van der Waals surface area contributed by atoms with E-state index in [9.17, 15) is 0 Å². The Kier molecular flexibility index (Phi) is 8.94. The van der Waals surface area contributed by atoms with E-state index in [0.29, 0.717) is 28.7 Å². The van der Waals surface area contributed by atoms with Gasteiger partial charge in [-0.2, -0.15) is 5.10 Å². The predicted octanol–water partition coefficient (Wildman–Crippen LogP) is 2.06. The summed E-state index contributed by atoms with van der Waals surface area (Å²) < 4.78 is 11.9. The van der Waals surface area contributed by atoms with Gasteiger partial charge in [-0.1, -0.05) is 24.6 Å². The Hall–Kier alpha value is -3.50. The first-order chi connectivity index (χ1) is 16.4. The second-order valence-electron chi connectivity index (χ2n) is 8.40. The fourth-order valence-corrected chi connectivity index (χ4v) is 3.83. The summed E-state index contributed by atoms with van der Waals surface area (Å²) in [6.07, 6.45) is 6.10. The number of hydrogen-bond donors (Lipinski definition) is 4. The zero-order valence-corrected chi connectivity index (χ0v) is 20.0. The van der Waals surface area contributed by atoms with Crippen LogP contribution in [0, 0.1) is 6.92 Å². The molecular formula is C24H36N8O2. The van der Waals surface area contributed by atoms with Gasteiger partial charge in [-0.15, -0.1) is 0 Å². The molecule has 1 heterocycles. The molecule has 10 nitrogen and oxygen atoms in total. The van der Waals surface area contributed by atoms with Crippen LogP contribution >= 0.6 is 0 Å². The van der Waals surface area contributed by atoms with E-state index in [-0.39, 0.29) is 19.3 Å². The van der Waals surface area contributed by atoms with Crippen LogP contribution in [0.25, 0.3) is 5.70 Å². The number of amidine groups is 1. The first kappa shape index (κ1) is 25.1. The number of pyridine rings is 1. The third kappa shape index (κ3) is 6.75. The number of hydrazone groups is 1. The average molecular weight is 469 g/mol. The Balaban J connectivity index is 1.72. The van der Waals surface area contributed by atoms with Gasteiger partial charge in [0.15, 0.2) is 5.84 Å². The van der Waals surface area contributed by atoms with Crippen molar-refractivity contribution in [2.75, 3.05) is 20.2 Å². The molecule has 1 saturated carbocycles. The molecular weight excluding hydrogens is 432 g/mol. The Morgan fingerprint density at radius 1 is 1.09 bits per heavy atom. The molecule has 1 aliphatic carbocycles. The highest BCUT2D eigenvalue weighted by Crippen LogP contribution is 2.26. The van der Waals surface area contributed by atoms with Crippen molar-refractivity contribution < 1.29 is 9.47 Å². The zero-order valence-electron chi connectivity index (χ0n) is 20.0. The highest BCUT2D eigenvalue weighted by atomic mass is 16.5. The normalized spacial score (nSPS) is 15.5. The number of para-hydroxylation sites is 1. The fourth-order valence-electron chi connectivity index (χ4n) is 3.83. The second-order valence-corrected chi connectivity index (χ2v) is 8.40. The van der Waals surface area contributed by atoms with E-state index in [2.05, 4.69) is 10.1 Å². The van der Waals surface area contributed by atoms with Crippen molar-refractivity contribution in [1.82, 2.24) is 15.0 Å². The largest absolute Gasteiger partial charge is 0.489 e. The summed E-state index contributed by atoms with van der Waals surface area (Å²) in [5.74, 6) is 19.7. The summed E-state index contributed by atoms with van der Waals surface area (Å²) in [4.78, 5) is 4.66. The first-order valence-corrected chi connectivity index (χ1v) is 11.5. The van der Waals surface area contributed by atoms with E-state index in [1.807, 2.05) is 49.4 Å². The summed E-state index contributed by atoms with van der Waals surface area (Å²) in [5, 5.41) is 6.52. The van der Waals surface area contributed by atoms with Gasteiger partial charge in [0.05, 0.1) is 35.4 Å². The van der Waals surface area contributed by atoms with Crippen LogP contribution in [0.1, 0.15) is 43.5 Å². The minimum atomic E-state index is 0.0864. The molecule has 2 aromatic rings. The Morgan fingerprint density at radius 3 is 2.41 bits per heavy atom. The van der Waals surface area contributed by atoms with E-state index in [4.69, 9.17) is 32.7 Å². The molecule has 0 amide bonds. The highest BCUT2D eigenvalue weighted by molar-refractivity contribution is 5.83. The quantitative estimate of drug-likeness (QED) is 0.187. The van der Waals surface area contributed by atoms with E-state index in [1.54, 1.807) is 7.05 Å². The predicted molar refractivity (Wildman–Crippen MR) is 134 cm³/mol. The number of nitrogens with zero attached hydrogens (tertiary/aromatic N) is 4. The number of hydrogen-bond acceptors (Lipinski definition) is 9. The van der Waals surface area contributed by atoms with Crippen LogP contribution in [0.5, 0.6) is 11.5 Å². The monoisotopic (exact) mass is 468 g/mol. The van der Waals surface area contributed by atoms with Crippen molar-refractivity contribution in [2.45, 2.75) is 45.1 Å². The third-order valence-electron chi connectivity index (χ3n) is 5.81. The molecule has 1 fully saturated rings. The summed E-state index contributed by atoms with van der Waals surface area (Å²) in [6.45, 7) is 2.15. The van der Waals surface area contributed by atoms with Gasteiger partial charge >= 0.3 is 0 Å². The maximum atomic E-state index is 6.47. The molecule has 184 valence electrons. The lowest BCUT2D eigenvalue weighted by molar-refractivity contribution is 0.153. The first-order valence-electron chi connectivity index (χ1n) is 11.5. The van der Waals surface area contributed by atoms with Gasteiger partial charge in [0.25, 0.3) is 0 Å². The van der Waals surface area contributed by atoms with Crippen molar-refractivity contribution in [2.24, 2.45) is 28.4 Å². The molecule has 1 aromatic heterocycles. The number of hydrazine groups is 2. The van der Waals surface area contributed by atoms with E-state index in [1.165, 1.54) is 29.3 Å². The molecule has 10 heteroatoms. The lowest BCUT2D eigenvalue weighted by Gasteiger charge is -2.26. The Bertz CT molecular complexity index is 988. The molecule has 0 atom stereocenters. The van der Waals surface area contributed by atoms with Crippen molar-refractivity contribution in [3.05, 3.63) is 59.5 Å². The van der Waals surface area contributed by atoms with Gasteiger partial charge < -0.3 is 26.1 Å². The van der Waals surface area contributed by atoms with Crippen LogP contribution in [-0.2, 0) is 0 Å². The minimum Gasteiger partial charge on any atom is -0.489 e. The van der Waals surface area contributed by atoms with Crippen LogP contribution in [-0.4, -0.2) is 47.1 Å². The summed E-state index contributed by atoms with van der Waals surface area (Å²) in [5.41, 5.74) is 8.77. The van der Waals surface area contributed by atoms with Crippen LogP contribution < -0.4 is 32.7 Å². The lowest BCUT2D eigenvalue weighted by Crippen LogP contribution is -2.46. The van der Waals surface area contributed by atoms with E-state index in [0.717, 1.165) is 24.3 Å². The van der Waals surface area contributed by atoms with Gasteiger partial charge in [0, 0.05) is 7.05 Å². The molecule has 0 unspecified atom stereocenters. The van der Waals surface area contributed by atoms with E-state index >= 15 is 0 Å². The summed E-state index contributed by atoms with van der Waals surface area (Å²) >= 11 is 0. The Morgan fingerprint density at radius 2 is 1.79 bits per heavy atom. The smallest absolute Gasteiger partial charge is 0.176 e. The van der Waals surface area contributed by atoms with Crippen LogP contribution in [0.2, 0.25) is 0 Å². The van der Waals surface area contributed by atoms with Crippen molar-refractivity contribution in [3.63, 3.8) is 0 Å². The molecule has 0 spiro atoms. The number of benzene rings is 1. The van der Waals surface area contributed by atoms with Crippen molar-refractivity contribution in [3.8, 4) is 11.5 Å². The average Bonchev–Trinajstić information content (AvgIpc) is 2.85. The van der Waals surface area contributed by atoms with Crippen LogP contribution in [0.3, 0.4) is 0 Å². The van der Waals surface area contributed by atoms with Crippen LogP contribution in [0.15, 0.2) is 53.3 Å². The lowest BCUT2D eigenvalue weighted by atomic mass is 9.98. The number of aromatic nitrogens is 1. The standard InChI is InChI=1S/C24H36N8O2/c1-17-22(34-19-11-7-4-8-12-19)14-13-20(29-17)24(25)21(31(2)27)15-32(28)23(30-26)16-33-18-9-5-3-6-10-18/h3,5-6,9-10,13-14,19H,4,7-8,11-12,15-16,25-28H2,1-2H3/b24-21-,30-23-. The van der Waals surface area contributed by atoms with Gasteiger partial charge in [0.2, 0.25) is 0 Å². The molecule has 0 bridgehead atoms. The van der Waals surface area contributed by atoms with Crippen molar-refractivity contribution in [1.29, 1.82) is 0 Å². The zero-order chi connectivity index (χ0) is 24.5. The number of nitrogens with two attached hydrogens (primary N) is 4. The maximum absolute atomic E-state index is 6.47. The molecule has 1 aliphatic rings. The van der Waals surface area contributed by atoms with Crippen molar-refractivity contribution >= 4 is 11.5 Å². The number of aryl methyl sites for hydroxylation is 1. The number of ether oxygens (including phenoxy) is 2. The highest BCUT2D eigenvalue weighted by Gasteiger charge is 2.19. The molecule has 0 saturated heterocycles. The van der Waals surface area contributed by atoms with Gasteiger partial charge in [-0.3, -0.25) is 5.01 Å². The van der Waals surface area contributed by atoms with Gasteiger partial charge in [-0.05, 0) is 56.9 Å². The molecule has 3 rings (SSSR count). The topological polar surface area (TPSA) is 154 Å². The summed E-state index contributed by atoms with van der Waals surface area (Å²) in [7, 11) is 1.68. The van der Waals surface area contributed by atoms with E-state index < -0.39 is 0 Å². The SMILES string of the molecule is Cc1nc(/C(N)=C(\CN(N)/C(COc2ccccc2)=N\N)N(C)N)ccc1OC1CCCCC1. The van der Waals surface area contributed by atoms with Gasteiger partial charge in [0.1, 0.15) is 18.1 Å². The minimum absolute atomic E-state index is 0.0864. The fraction of sp³-hybridized carbons (Fsp3) is 0.417. The van der Waals surface area contributed by atoms with Gasteiger partial charge in [-0.25, -0.2) is 16.7 Å². The molecule has 1 aromatic carbocycles. The number of rotatable bonds is 9. The third-order valence-corrected chi connectivity index (χ3v) is 5.81. The molecule has 8 N–H and O–H groups in total. The summed E-state index contributed by atoms with van der Waals surface area (Å²) in [6, 6.07) is 13.1. The Labute approximate surface area is 201 Å². The maximum Gasteiger partial charge on any atom is 0.176 e. The molecule has 0 radical (unpaired) electrons. The second kappa shape index (κ2) is 12.1. The van der Waals surface area contributed by atoms with Crippen LogP contribution in [0.4, 0.5) is 0 Å². The molecule has 34 heavy (non-hydrogen) atoms.